The fraction of sp³-hybridized carbons (Fsp3) is 0.692. The van der Waals surface area contributed by atoms with Crippen molar-refractivity contribution in [1.29, 1.82) is 0 Å². The van der Waals surface area contributed by atoms with Gasteiger partial charge in [0.2, 0.25) is 10.0 Å². The highest BCUT2D eigenvalue weighted by Crippen LogP contribution is 2.29. The van der Waals surface area contributed by atoms with Gasteiger partial charge in [-0.25, -0.2) is 8.42 Å². The number of hydrogen-bond acceptors (Lipinski definition) is 3. The summed E-state index contributed by atoms with van der Waals surface area (Å²) in [5.41, 5.74) is 6.24. The van der Waals surface area contributed by atoms with Crippen LogP contribution in [0.5, 0.6) is 0 Å². The third-order valence-electron chi connectivity index (χ3n) is 4.11. The number of hydrogen-bond donors (Lipinski definition) is 2. The molecule has 19 heavy (non-hydrogen) atoms. The molecule has 1 fully saturated rings. The van der Waals surface area contributed by atoms with Gasteiger partial charge in [0.1, 0.15) is 0 Å². The summed E-state index contributed by atoms with van der Waals surface area (Å²) in [5, 5.41) is 0. The second-order valence-corrected chi connectivity index (χ2v) is 7.50. The first kappa shape index (κ1) is 14.6. The Labute approximate surface area is 115 Å². The van der Waals surface area contributed by atoms with E-state index in [1.54, 1.807) is 13.1 Å². The maximum atomic E-state index is 12.5. The van der Waals surface area contributed by atoms with E-state index in [-0.39, 0.29) is 6.04 Å². The SMILES string of the molecule is CC1CCC(N(C)S(=O)(=O)c2c[nH]c(CN)c2)CC1. The Hall–Kier alpha value is -0.850. The summed E-state index contributed by atoms with van der Waals surface area (Å²) in [5.74, 6) is 0.712. The van der Waals surface area contributed by atoms with E-state index >= 15 is 0 Å². The predicted octanol–water partition coefficient (Wildman–Crippen LogP) is 1.67. The van der Waals surface area contributed by atoms with Crippen LogP contribution in [-0.2, 0) is 16.6 Å². The van der Waals surface area contributed by atoms with Gasteiger partial charge in [-0.15, -0.1) is 0 Å². The van der Waals surface area contributed by atoms with Crippen molar-refractivity contribution in [2.24, 2.45) is 11.7 Å². The molecule has 1 aromatic rings. The van der Waals surface area contributed by atoms with Crippen LogP contribution in [0, 0.1) is 5.92 Å². The third kappa shape index (κ3) is 3.01. The molecule has 2 rings (SSSR count). The minimum Gasteiger partial charge on any atom is -0.363 e. The highest BCUT2D eigenvalue weighted by molar-refractivity contribution is 7.89. The maximum Gasteiger partial charge on any atom is 0.244 e. The first-order valence-electron chi connectivity index (χ1n) is 6.80. The molecule has 3 N–H and O–H groups in total. The largest absolute Gasteiger partial charge is 0.363 e. The van der Waals surface area contributed by atoms with Crippen LogP contribution in [0.3, 0.4) is 0 Å². The molecular formula is C13H23N3O2S. The summed E-state index contributed by atoms with van der Waals surface area (Å²) in [6.07, 6.45) is 5.63. The highest BCUT2D eigenvalue weighted by atomic mass is 32.2. The molecule has 6 heteroatoms. The van der Waals surface area contributed by atoms with E-state index in [1.165, 1.54) is 10.5 Å². The quantitative estimate of drug-likeness (QED) is 0.883. The van der Waals surface area contributed by atoms with Crippen LogP contribution in [0.25, 0.3) is 0 Å². The second-order valence-electron chi connectivity index (χ2n) is 5.50. The number of nitrogens with two attached hydrogens (primary N) is 1. The van der Waals surface area contributed by atoms with Crippen molar-refractivity contribution in [2.75, 3.05) is 7.05 Å². The molecule has 0 aromatic carbocycles. The van der Waals surface area contributed by atoms with Crippen LogP contribution in [0.1, 0.15) is 38.3 Å². The Morgan fingerprint density at radius 1 is 1.37 bits per heavy atom. The minimum absolute atomic E-state index is 0.123. The molecular weight excluding hydrogens is 262 g/mol. The van der Waals surface area contributed by atoms with E-state index in [2.05, 4.69) is 11.9 Å². The molecule has 0 bridgehead atoms. The number of H-pyrrole nitrogens is 1. The van der Waals surface area contributed by atoms with Crippen molar-refractivity contribution >= 4 is 10.0 Å². The zero-order valence-corrected chi connectivity index (χ0v) is 12.4. The molecule has 108 valence electrons. The molecule has 1 saturated carbocycles. The van der Waals surface area contributed by atoms with Crippen molar-refractivity contribution in [3.05, 3.63) is 18.0 Å². The van der Waals surface area contributed by atoms with E-state index in [9.17, 15) is 8.42 Å². The van der Waals surface area contributed by atoms with E-state index < -0.39 is 10.0 Å². The fourth-order valence-electron chi connectivity index (χ4n) is 2.65. The molecule has 1 aliphatic rings. The Balaban J connectivity index is 2.14. The fourth-order valence-corrected chi connectivity index (χ4v) is 4.09. The standard InChI is InChI=1S/C13H23N3O2S/c1-10-3-5-12(6-4-10)16(2)19(17,18)13-7-11(8-14)15-9-13/h7,9-10,12,15H,3-6,8,14H2,1-2H3. The summed E-state index contributed by atoms with van der Waals surface area (Å²) in [6.45, 7) is 2.55. The molecule has 1 aromatic heterocycles. The van der Waals surface area contributed by atoms with Gasteiger partial charge < -0.3 is 10.7 Å². The van der Waals surface area contributed by atoms with Gasteiger partial charge in [-0.2, -0.15) is 4.31 Å². The van der Waals surface area contributed by atoms with Crippen molar-refractivity contribution in [1.82, 2.24) is 9.29 Å². The third-order valence-corrected chi connectivity index (χ3v) is 6.00. The van der Waals surface area contributed by atoms with Gasteiger partial charge >= 0.3 is 0 Å². The Morgan fingerprint density at radius 2 is 2.00 bits per heavy atom. The van der Waals surface area contributed by atoms with Gasteiger partial charge in [-0.05, 0) is 37.7 Å². The number of aromatic amines is 1. The predicted molar refractivity (Wildman–Crippen MR) is 75.1 cm³/mol. The lowest BCUT2D eigenvalue weighted by atomic mass is 9.87. The number of rotatable bonds is 4. The smallest absolute Gasteiger partial charge is 0.244 e. The van der Waals surface area contributed by atoms with Crippen LogP contribution in [0.4, 0.5) is 0 Å². The molecule has 1 aliphatic carbocycles. The van der Waals surface area contributed by atoms with Gasteiger partial charge in [-0.1, -0.05) is 6.92 Å². The summed E-state index contributed by atoms with van der Waals surface area (Å²) in [4.78, 5) is 3.21. The molecule has 0 amide bonds. The second kappa shape index (κ2) is 5.64. The Morgan fingerprint density at radius 3 is 2.53 bits per heavy atom. The maximum absolute atomic E-state index is 12.5. The first-order valence-corrected chi connectivity index (χ1v) is 8.24. The lowest BCUT2D eigenvalue weighted by Gasteiger charge is -2.32. The van der Waals surface area contributed by atoms with Gasteiger partial charge in [0.25, 0.3) is 0 Å². The van der Waals surface area contributed by atoms with E-state index in [1.807, 2.05) is 0 Å². The van der Waals surface area contributed by atoms with Gasteiger partial charge in [0.05, 0.1) is 4.90 Å². The van der Waals surface area contributed by atoms with Crippen molar-refractivity contribution in [3.63, 3.8) is 0 Å². The van der Waals surface area contributed by atoms with Crippen molar-refractivity contribution in [2.45, 2.75) is 50.1 Å². The van der Waals surface area contributed by atoms with Crippen LogP contribution >= 0.6 is 0 Å². The van der Waals surface area contributed by atoms with Gasteiger partial charge in [0, 0.05) is 31.5 Å². The molecule has 0 atom stereocenters. The molecule has 0 spiro atoms. The van der Waals surface area contributed by atoms with Gasteiger partial charge in [-0.3, -0.25) is 0 Å². The van der Waals surface area contributed by atoms with E-state index in [4.69, 9.17) is 5.73 Å². The van der Waals surface area contributed by atoms with Crippen LogP contribution in [0.2, 0.25) is 0 Å². The number of sulfonamides is 1. The van der Waals surface area contributed by atoms with Crippen LogP contribution < -0.4 is 5.73 Å². The molecule has 0 radical (unpaired) electrons. The summed E-state index contributed by atoms with van der Waals surface area (Å²) < 4.78 is 26.5. The van der Waals surface area contributed by atoms with Crippen LogP contribution in [-0.4, -0.2) is 30.8 Å². The lowest BCUT2D eigenvalue weighted by molar-refractivity contribution is 0.246. The average molecular weight is 285 g/mol. The zero-order chi connectivity index (χ0) is 14.0. The molecule has 0 saturated heterocycles. The first-order chi connectivity index (χ1) is 8.95. The van der Waals surface area contributed by atoms with Crippen molar-refractivity contribution < 1.29 is 8.42 Å². The molecule has 0 unspecified atom stereocenters. The van der Waals surface area contributed by atoms with Crippen molar-refractivity contribution in [3.8, 4) is 0 Å². The highest BCUT2D eigenvalue weighted by Gasteiger charge is 2.30. The van der Waals surface area contributed by atoms with E-state index in [0.29, 0.717) is 17.4 Å². The molecule has 1 heterocycles. The Bertz CT molecular complexity index is 516. The zero-order valence-electron chi connectivity index (χ0n) is 11.6. The number of nitrogens with zero attached hydrogens (tertiary/aromatic N) is 1. The monoisotopic (exact) mass is 285 g/mol. The Kier molecular flexibility index (Phi) is 4.32. The van der Waals surface area contributed by atoms with E-state index in [0.717, 1.165) is 31.4 Å². The van der Waals surface area contributed by atoms with Crippen LogP contribution in [0.15, 0.2) is 17.2 Å². The molecule has 5 nitrogen and oxygen atoms in total. The average Bonchev–Trinajstić information content (AvgIpc) is 2.88. The van der Waals surface area contributed by atoms with Gasteiger partial charge in [0.15, 0.2) is 0 Å². The summed E-state index contributed by atoms with van der Waals surface area (Å²) >= 11 is 0. The summed E-state index contributed by atoms with van der Waals surface area (Å²) in [7, 11) is -1.71. The minimum atomic E-state index is -3.40. The number of nitrogens with one attached hydrogen (secondary N) is 1. The summed E-state index contributed by atoms with van der Waals surface area (Å²) in [6, 6.07) is 1.74. The topological polar surface area (TPSA) is 79.2 Å². The number of aromatic nitrogens is 1. The lowest BCUT2D eigenvalue weighted by Crippen LogP contribution is -2.39. The molecule has 0 aliphatic heterocycles. The normalized spacial score (nSPS) is 24.8.